The average molecular weight is 642 g/mol. The lowest BCUT2D eigenvalue weighted by atomic mass is 9.72. The number of hydrogen-bond acceptors (Lipinski definition) is 14. The summed E-state index contributed by atoms with van der Waals surface area (Å²) >= 11 is 0. The third-order valence-electron chi connectivity index (χ3n) is 9.84. The number of nitrogens with zero attached hydrogens (tertiary/aromatic N) is 1. The SMILES string of the molecule is COc1cccc2c1C(=O)c1c(O)c3c(c(O)c1C2=O)C[C@@](O)(C(=O)CO)C[C@@H]3O[C@H]1C[C@H]2C(O[C@@H]3[C@@H](OC)OCCN32)[C@H](C)O1. The van der Waals surface area contributed by atoms with Crippen LogP contribution in [0, 0.1) is 0 Å². The number of aliphatic hydroxyl groups excluding tert-OH is 1. The summed E-state index contributed by atoms with van der Waals surface area (Å²) in [5.41, 5.74) is -3.43. The molecule has 3 aliphatic heterocycles. The predicted molar refractivity (Wildman–Crippen MR) is 154 cm³/mol. The molecule has 1 unspecified atom stereocenters. The number of carbonyl (C=O) groups is 3. The first-order chi connectivity index (χ1) is 22.0. The van der Waals surface area contributed by atoms with E-state index in [0.717, 1.165) is 0 Å². The van der Waals surface area contributed by atoms with Gasteiger partial charge in [-0.2, -0.15) is 0 Å². The smallest absolute Gasteiger partial charge is 0.202 e. The van der Waals surface area contributed by atoms with Crippen molar-refractivity contribution in [3.8, 4) is 17.2 Å². The van der Waals surface area contributed by atoms with Gasteiger partial charge in [0.1, 0.15) is 35.6 Å². The van der Waals surface area contributed by atoms with E-state index < -0.39 is 96.0 Å². The van der Waals surface area contributed by atoms with Gasteiger partial charge in [0.2, 0.25) is 5.78 Å². The van der Waals surface area contributed by atoms with Gasteiger partial charge in [-0.25, -0.2) is 0 Å². The molecular weight excluding hydrogens is 606 g/mol. The Morgan fingerprint density at radius 1 is 1.09 bits per heavy atom. The summed E-state index contributed by atoms with van der Waals surface area (Å²) < 4.78 is 35.3. The summed E-state index contributed by atoms with van der Waals surface area (Å²) in [6.45, 7) is 1.82. The number of rotatable bonds is 6. The zero-order valence-electron chi connectivity index (χ0n) is 25.4. The van der Waals surface area contributed by atoms with Crippen LogP contribution in [0.4, 0.5) is 0 Å². The van der Waals surface area contributed by atoms with Crippen molar-refractivity contribution in [1.29, 1.82) is 0 Å². The zero-order chi connectivity index (χ0) is 32.7. The summed E-state index contributed by atoms with van der Waals surface area (Å²) in [6, 6.07) is 4.26. The normalized spacial score (nSPS) is 33.5. The second-order valence-electron chi connectivity index (χ2n) is 12.3. The van der Waals surface area contributed by atoms with Crippen LogP contribution in [-0.4, -0.2) is 119 Å². The molecule has 7 rings (SSSR count). The fourth-order valence-corrected chi connectivity index (χ4v) is 7.69. The molecule has 0 amide bonds. The number of morpholine rings is 1. The fourth-order valence-electron chi connectivity index (χ4n) is 7.69. The van der Waals surface area contributed by atoms with E-state index in [4.69, 9.17) is 28.4 Å². The van der Waals surface area contributed by atoms with Crippen LogP contribution in [0.15, 0.2) is 18.2 Å². The maximum atomic E-state index is 13.9. The van der Waals surface area contributed by atoms with Gasteiger partial charge in [-0.15, -0.1) is 0 Å². The van der Waals surface area contributed by atoms with Gasteiger partial charge in [-0.3, -0.25) is 19.3 Å². The maximum absolute atomic E-state index is 13.9. The van der Waals surface area contributed by atoms with Crippen LogP contribution >= 0.6 is 0 Å². The van der Waals surface area contributed by atoms with Crippen molar-refractivity contribution in [2.45, 2.75) is 74.9 Å². The van der Waals surface area contributed by atoms with E-state index in [1.54, 1.807) is 0 Å². The lowest BCUT2D eigenvalue weighted by molar-refractivity contribution is -0.256. The molecular formula is C32H35NO13. The van der Waals surface area contributed by atoms with E-state index in [-0.39, 0.29) is 40.1 Å². The molecule has 14 nitrogen and oxygen atoms in total. The Hall–Kier alpha value is -3.47. The number of benzene rings is 2. The van der Waals surface area contributed by atoms with Gasteiger partial charge in [0, 0.05) is 55.6 Å². The van der Waals surface area contributed by atoms with Gasteiger partial charge in [-0.05, 0) is 13.0 Å². The first-order valence-corrected chi connectivity index (χ1v) is 15.1. The topological polar surface area (TPSA) is 191 Å². The standard InChI is InChI=1S/C32H35NO13/c1-13-29-16(33-7-8-43-31(42-3)30(33)46-29)9-20(44-13)45-18-11-32(40,19(35)12-34)10-15-22(18)28(39)24-23(26(15)37)25(36)14-5-4-6-17(41-2)21(14)27(24)38/h4-6,13,16,18,20,29-31,34,37,39-40H,7-12H2,1-3H3/t13-,16-,18-,20-,29?,30+,31-,32-/m0/s1. The van der Waals surface area contributed by atoms with E-state index >= 15 is 0 Å². The van der Waals surface area contributed by atoms with Crippen LogP contribution in [0.1, 0.15) is 68.8 Å². The number of aromatic hydroxyl groups is 2. The van der Waals surface area contributed by atoms with Gasteiger partial charge in [0.05, 0.1) is 42.6 Å². The Kier molecular flexibility index (Phi) is 7.68. The molecule has 8 atom stereocenters. The Bertz CT molecular complexity index is 1630. The molecule has 0 radical (unpaired) electrons. The largest absolute Gasteiger partial charge is 0.507 e. The number of fused-ring (bicyclic) bond motifs is 6. The molecule has 3 heterocycles. The van der Waals surface area contributed by atoms with Crippen molar-refractivity contribution in [3.63, 3.8) is 0 Å². The molecule has 4 N–H and O–H groups in total. The van der Waals surface area contributed by atoms with Crippen molar-refractivity contribution in [1.82, 2.24) is 4.90 Å². The van der Waals surface area contributed by atoms with Crippen LogP contribution in [0.5, 0.6) is 17.2 Å². The predicted octanol–water partition coefficient (Wildman–Crippen LogP) is 0.711. The highest BCUT2D eigenvalue weighted by molar-refractivity contribution is 6.31. The summed E-state index contributed by atoms with van der Waals surface area (Å²) in [6.07, 6.45) is -4.79. The van der Waals surface area contributed by atoms with E-state index in [1.165, 1.54) is 32.4 Å². The lowest BCUT2D eigenvalue weighted by Gasteiger charge is -2.43. The summed E-state index contributed by atoms with van der Waals surface area (Å²) in [5, 5.41) is 44.5. The minimum atomic E-state index is -2.23. The van der Waals surface area contributed by atoms with Crippen molar-refractivity contribution in [2.24, 2.45) is 0 Å². The molecule has 0 saturated carbocycles. The highest BCUT2D eigenvalue weighted by atomic mass is 16.7. The molecule has 0 bridgehead atoms. The van der Waals surface area contributed by atoms with Gasteiger partial charge < -0.3 is 48.8 Å². The van der Waals surface area contributed by atoms with Crippen molar-refractivity contribution < 1.29 is 63.2 Å². The third kappa shape index (κ3) is 4.51. The zero-order valence-corrected chi connectivity index (χ0v) is 25.4. The second-order valence-corrected chi connectivity index (χ2v) is 12.3. The van der Waals surface area contributed by atoms with Crippen molar-refractivity contribution >= 4 is 17.3 Å². The number of carbonyl (C=O) groups excluding carboxylic acids is 3. The van der Waals surface area contributed by atoms with Crippen LogP contribution in [-0.2, 0) is 34.9 Å². The summed E-state index contributed by atoms with van der Waals surface area (Å²) in [4.78, 5) is 42.6. The monoisotopic (exact) mass is 641 g/mol. The quantitative estimate of drug-likeness (QED) is 0.275. The molecule has 2 aromatic carbocycles. The van der Waals surface area contributed by atoms with E-state index in [9.17, 15) is 34.8 Å². The molecule has 246 valence electrons. The Balaban J connectivity index is 1.30. The molecule has 5 aliphatic rings. The van der Waals surface area contributed by atoms with E-state index in [2.05, 4.69) is 4.90 Å². The number of phenolic OH excluding ortho intramolecular Hbond substituents is 2. The Labute approximate surface area is 263 Å². The third-order valence-corrected chi connectivity index (χ3v) is 9.84. The number of phenols is 2. The second kappa shape index (κ2) is 11.3. The van der Waals surface area contributed by atoms with Gasteiger partial charge >= 0.3 is 0 Å². The van der Waals surface area contributed by atoms with Gasteiger partial charge in [0.15, 0.2) is 30.4 Å². The molecule has 14 heteroatoms. The van der Waals surface area contributed by atoms with Crippen LogP contribution < -0.4 is 4.74 Å². The fraction of sp³-hybridized carbons (Fsp3) is 0.531. The number of Topliss-reactive ketones (excluding diaryl/α,β-unsaturated/α-hetero) is 1. The number of methoxy groups -OCH3 is 2. The average Bonchev–Trinajstić information content (AvgIpc) is 3.43. The summed E-state index contributed by atoms with van der Waals surface area (Å²) in [7, 11) is 2.88. The Morgan fingerprint density at radius 2 is 1.85 bits per heavy atom. The maximum Gasteiger partial charge on any atom is 0.202 e. The number of aliphatic hydroxyl groups is 2. The minimum Gasteiger partial charge on any atom is -0.507 e. The van der Waals surface area contributed by atoms with E-state index in [0.29, 0.717) is 19.6 Å². The first kappa shape index (κ1) is 31.1. The molecule has 3 saturated heterocycles. The first-order valence-electron chi connectivity index (χ1n) is 15.1. The van der Waals surface area contributed by atoms with Crippen molar-refractivity contribution in [2.75, 3.05) is 34.0 Å². The van der Waals surface area contributed by atoms with Gasteiger partial charge in [0.25, 0.3) is 0 Å². The lowest BCUT2D eigenvalue weighted by Crippen LogP contribution is -2.55. The highest BCUT2D eigenvalue weighted by Gasteiger charge is 2.55. The number of ketones is 3. The molecule has 3 fully saturated rings. The highest BCUT2D eigenvalue weighted by Crippen LogP contribution is 2.53. The minimum absolute atomic E-state index is 0.0353. The van der Waals surface area contributed by atoms with Gasteiger partial charge in [-0.1, -0.05) is 12.1 Å². The van der Waals surface area contributed by atoms with E-state index in [1.807, 2.05) is 6.92 Å². The van der Waals surface area contributed by atoms with Crippen molar-refractivity contribution in [3.05, 3.63) is 51.6 Å². The van der Waals surface area contributed by atoms with Crippen LogP contribution in [0.25, 0.3) is 0 Å². The molecule has 46 heavy (non-hydrogen) atoms. The number of ether oxygens (including phenoxy) is 6. The number of hydrogen-bond donors (Lipinski definition) is 4. The molecule has 2 aromatic rings. The van der Waals surface area contributed by atoms with Crippen LogP contribution in [0.3, 0.4) is 0 Å². The molecule has 2 aliphatic carbocycles. The molecule has 0 spiro atoms. The summed E-state index contributed by atoms with van der Waals surface area (Å²) in [5.74, 6) is -3.61. The molecule has 0 aromatic heterocycles. The van der Waals surface area contributed by atoms with Crippen LogP contribution in [0.2, 0.25) is 0 Å². The Morgan fingerprint density at radius 3 is 2.57 bits per heavy atom.